The summed E-state index contributed by atoms with van der Waals surface area (Å²) in [5.74, 6) is -1.38. The number of rotatable bonds is 4. The molecule has 0 aliphatic heterocycles. The first-order chi connectivity index (χ1) is 13.8. The van der Waals surface area contributed by atoms with Gasteiger partial charge in [0.1, 0.15) is 0 Å². The molecular weight excluding hydrogens is 370 g/mol. The lowest BCUT2D eigenvalue weighted by Gasteiger charge is -2.14. The van der Waals surface area contributed by atoms with Crippen molar-refractivity contribution in [2.24, 2.45) is 0 Å². The Kier molecular flexibility index (Phi) is 5.87. The molecule has 3 rings (SSSR count). The summed E-state index contributed by atoms with van der Waals surface area (Å²) >= 11 is 0. The summed E-state index contributed by atoms with van der Waals surface area (Å²) < 4.78 is 5.29. The second-order valence-electron chi connectivity index (χ2n) is 6.69. The first-order valence-electron chi connectivity index (χ1n) is 9.09. The van der Waals surface area contributed by atoms with E-state index in [1.54, 1.807) is 37.3 Å². The lowest BCUT2D eigenvalue weighted by molar-refractivity contribution is -0.127. The van der Waals surface area contributed by atoms with Crippen LogP contribution in [0.3, 0.4) is 0 Å². The second kappa shape index (κ2) is 8.52. The number of anilines is 1. The number of urea groups is 1. The maximum absolute atomic E-state index is 12.7. The van der Waals surface area contributed by atoms with E-state index in [2.05, 4.69) is 15.6 Å². The Morgan fingerprint density at radius 3 is 2.45 bits per heavy atom. The molecule has 1 unspecified atom stereocenters. The third kappa shape index (κ3) is 4.95. The number of nitrogens with zero attached hydrogens (tertiary/aromatic N) is 1. The van der Waals surface area contributed by atoms with Gasteiger partial charge in [-0.3, -0.25) is 15.1 Å². The van der Waals surface area contributed by atoms with Gasteiger partial charge in [-0.15, -0.1) is 0 Å². The molecule has 2 N–H and O–H groups in total. The molecule has 3 amide bonds. The van der Waals surface area contributed by atoms with Crippen LogP contribution in [-0.4, -0.2) is 29.0 Å². The number of nitrogens with one attached hydrogen (secondary N) is 2. The molecule has 0 bridgehead atoms. The molecule has 3 aromatic rings. The van der Waals surface area contributed by atoms with Gasteiger partial charge in [0.15, 0.2) is 6.10 Å². The average Bonchev–Trinajstić information content (AvgIpc) is 2.68. The second-order valence-corrected chi connectivity index (χ2v) is 6.69. The van der Waals surface area contributed by atoms with Crippen LogP contribution in [0.4, 0.5) is 10.5 Å². The number of amides is 3. The summed E-state index contributed by atoms with van der Waals surface area (Å²) in [6, 6.07) is 15.2. The number of carbonyl (C=O) groups excluding carboxylic acids is 3. The molecule has 0 aliphatic rings. The Morgan fingerprint density at radius 1 is 1.00 bits per heavy atom. The zero-order valence-electron chi connectivity index (χ0n) is 16.4. The van der Waals surface area contributed by atoms with Gasteiger partial charge in [0, 0.05) is 16.8 Å². The van der Waals surface area contributed by atoms with Crippen molar-refractivity contribution in [1.82, 2.24) is 10.3 Å². The summed E-state index contributed by atoms with van der Waals surface area (Å²) in [7, 11) is 0. The standard InChI is InChI=1S/C22H21N3O4/c1-13-9-10-19-17(11-13)18(12-14(2)23-19)21(27)29-15(3)20(26)25-22(28)24-16-7-5-4-6-8-16/h4-12,15H,1-3H3,(H2,24,25,26,28). The van der Waals surface area contributed by atoms with Gasteiger partial charge in [-0.25, -0.2) is 9.59 Å². The largest absolute Gasteiger partial charge is 0.449 e. The average molecular weight is 391 g/mol. The van der Waals surface area contributed by atoms with E-state index < -0.39 is 24.0 Å². The highest BCUT2D eigenvalue weighted by atomic mass is 16.5. The third-order valence-electron chi connectivity index (χ3n) is 4.23. The summed E-state index contributed by atoms with van der Waals surface area (Å²) in [6.07, 6.45) is -1.16. The normalized spacial score (nSPS) is 11.6. The Balaban J connectivity index is 1.69. The van der Waals surface area contributed by atoms with Gasteiger partial charge in [-0.1, -0.05) is 29.8 Å². The molecule has 0 saturated heterocycles. The molecule has 1 heterocycles. The molecule has 0 fully saturated rings. The fourth-order valence-electron chi connectivity index (χ4n) is 2.82. The van der Waals surface area contributed by atoms with E-state index in [1.807, 2.05) is 31.2 Å². The van der Waals surface area contributed by atoms with E-state index >= 15 is 0 Å². The summed E-state index contributed by atoms with van der Waals surface area (Å²) in [6.45, 7) is 5.10. The van der Waals surface area contributed by atoms with Gasteiger partial charge in [-0.05, 0) is 51.1 Å². The number of hydrogen-bond acceptors (Lipinski definition) is 5. The van der Waals surface area contributed by atoms with Gasteiger partial charge in [0.25, 0.3) is 5.91 Å². The topological polar surface area (TPSA) is 97.4 Å². The molecule has 0 radical (unpaired) electrons. The molecule has 148 valence electrons. The number of fused-ring (bicyclic) bond motifs is 1. The van der Waals surface area contributed by atoms with Crippen LogP contribution in [0.2, 0.25) is 0 Å². The summed E-state index contributed by atoms with van der Waals surface area (Å²) in [5, 5.41) is 5.34. The van der Waals surface area contributed by atoms with E-state index in [0.29, 0.717) is 27.8 Å². The van der Waals surface area contributed by atoms with Crippen molar-refractivity contribution < 1.29 is 19.1 Å². The molecule has 0 saturated carbocycles. The minimum atomic E-state index is -1.16. The Labute approximate surface area is 168 Å². The van der Waals surface area contributed by atoms with Crippen LogP contribution in [0.15, 0.2) is 54.6 Å². The lowest BCUT2D eigenvalue weighted by Crippen LogP contribution is -2.41. The first kappa shape index (κ1) is 20.0. The highest BCUT2D eigenvalue weighted by Crippen LogP contribution is 2.21. The Hall–Kier alpha value is -3.74. The van der Waals surface area contributed by atoms with E-state index in [1.165, 1.54) is 6.92 Å². The van der Waals surface area contributed by atoms with Gasteiger partial charge in [-0.2, -0.15) is 0 Å². The number of benzene rings is 2. The molecule has 2 aromatic carbocycles. The van der Waals surface area contributed by atoms with Crippen molar-refractivity contribution in [2.45, 2.75) is 26.9 Å². The van der Waals surface area contributed by atoms with Crippen molar-refractivity contribution in [3.8, 4) is 0 Å². The zero-order chi connectivity index (χ0) is 21.0. The molecular formula is C22H21N3O4. The van der Waals surface area contributed by atoms with Crippen LogP contribution in [0.1, 0.15) is 28.5 Å². The molecule has 7 heteroatoms. The molecule has 0 aliphatic carbocycles. The number of aryl methyl sites for hydroxylation is 2. The third-order valence-corrected chi connectivity index (χ3v) is 4.23. The van der Waals surface area contributed by atoms with Gasteiger partial charge in [0.2, 0.25) is 0 Å². The summed E-state index contributed by atoms with van der Waals surface area (Å²) in [5.41, 5.74) is 3.16. The van der Waals surface area contributed by atoms with Gasteiger partial charge in [0.05, 0.1) is 11.1 Å². The Morgan fingerprint density at radius 2 is 1.72 bits per heavy atom. The van der Waals surface area contributed by atoms with E-state index in [-0.39, 0.29) is 0 Å². The van der Waals surface area contributed by atoms with Crippen molar-refractivity contribution in [3.05, 3.63) is 71.4 Å². The SMILES string of the molecule is Cc1ccc2nc(C)cc(C(=O)OC(C)C(=O)NC(=O)Nc3ccccc3)c2c1. The monoisotopic (exact) mass is 391 g/mol. The first-order valence-corrected chi connectivity index (χ1v) is 9.09. The number of pyridine rings is 1. The number of hydrogen-bond donors (Lipinski definition) is 2. The number of carbonyl (C=O) groups is 3. The number of esters is 1. The molecule has 1 atom stereocenters. The van der Waals surface area contributed by atoms with E-state index in [0.717, 1.165) is 5.56 Å². The predicted molar refractivity (Wildman–Crippen MR) is 110 cm³/mol. The maximum Gasteiger partial charge on any atom is 0.339 e. The van der Waals surface area contributed by atoms with Crippen molar-refractivity contribution in [1.29, 1.82) is 0 Å². The van der Waals surface area contributed by atoms with Gasteiger partial charge >= 0.3 is 12.0 Å². The Bertz CT molecular complexity index is 1080. The minimum Gasteiger partial charge on any atom is -0.449 e. The van der Waals surface area contributed by atoms with E-state index in [9.17, 15) is 14.4 Å². The van der Waals surface area contributed by atoms with Crippen LogP contribution in [0.25, 0.3) is 10.9 Å². The minimum absolute atomic E-state index is 0.324. The molecule has 0 spiro atoms. The highest BCUT2D eigenvalue weighted by Gasteiger charge is 2.22. The fraction of sp³-hybridized carbons (Fsp3) is 0.182. The smallest absolute Gasteiger partial charge is 0.339 e. The molecule has 29 heavy (non-hydrogen) atoms. The van der Waals surface area contributed by atoms with Crippen LogP contribution in [0.5, 0.6) is 0 Å². The van der Waals surface area contributed by atoms with Crippen LogP contribution >= 0.6 is 0 Å². The highest BCUT2D eigenvalue weighted by molar-refractivity contribution is 6.06. The predicted octanol–water partition coefficient (Wildman–Crippen LogP) is 3.75. The quantitative estimate of drug-likeness (QED) is 0.660. The zero-order valence-corrected chi connectivity index (χ0v) is 16.4. The maximum atomic E-state index is 12.7. The number of imide groups is 1. The van der Waals surface area contributed by atoms with E-state index in [4.69, 9.17) is 4.74 Å². The fourth-order valence-corrected chi connectivity index (χ4v) is 2.82. The van der Waals surface area contributed by atoms with Crippen molar-refractivity contribution in [3.63, 3.8) is 0 Å². The number of ether oxygens (including phenoxy) is 1. The molecule has 7 nitrogen and oxygen atoms in total. The lowest BCUT2D eigenvalue weighted by atomic mass is 10.1. The van der Waals surface area contributed by atoms with Crippen LogP contribution in [0, 0.1) is 13.8 Å². The van der Waals surface area contributed by atoms with Crippen molar-refractivity contribution in [2.75, 3.05) is 5.32 Å². The summed E-state index contributed by atoms with van der Waals surface area (Å²) in [4.78, 5) is 41.3. The van der Waals surface area contributed by atoms with Crippen LogP contribution in [-0.2, 0) is 9.53 Å². The van der Waals surface area contributed by atoms with Crippen LogP contribution < -0.4 is 10.6 Å². The van der Waals surface area contributed by atoms with Gasteiger partial charge < -0.3 is 10.1 Å². The number of aromatic nitrogens is 1. The van der Waals surface area contributed by atoms with Crippen molar-refractivity contribution >= 4 is 34.5 Å². The number of para-hydroxylation sites is 1. The molecule has 1 aromatic heterocycles.